The molecular formula is C20H15FN2O3S. The summed E-state index contributed by atoms with van der Waals surface area (Å²) in [6, 6.07) is 14.6. The number of hydrogen-bond donors (Lipinski definition) is 0. The van der Waals surface area contributed by atoms with Gasteiger partial charge in [0.05, 0.1) is 24.6 Å². The monoisotopic (exact) mass is 382 g/mol. The SMILES string of the molecule is COc1cccc2sc(N(Cc3ccco3)C(=O)c3ccc(F)cc3)nc12. The number of nitrogens with zero attached hydrogens (tertiary/aromatic N) is 2. The topological polar surface area (TPSA) is 55.6 Å². The molecule has 0 unspecified atom stereocenters. The molecule has 0 aliphatic heterocycles. The number of halogens is 1. The van der Waals surface area contributed by atoms with E-state index in [9.17, 15) is 9.18 Å². The van der Waals surface area contributed by atoms with Crippen LogP contribution in [0.25, 0.3) is 10.2 Å². The maximum Gasteiger partial charge on any atom is 0.260 e. The summed E-state index contributed by atoms with van der Waals surface area (Å²) in [5, 5.41) is 0.514. The average molecular weight is 382 g/mol. The molecule has 1 amide bonds. The van der Waals surface area contributed by atoms with Crippen molar-refractivity contribution < 1.29 is 18.3 Å². The van der Waals surface area contributed by atoms with E-state index in [1.165, 1.54) is 40.5 Å². The Hall–Kier alpha value is -3.19. The predicted molar refractivity (Wildman–Crippen MR) is 102 cm³/mol. The number of aromatic nitrogens is 1. The van der Waals surface area contributed by atoms with Gasteiger partial charge in [0.1, 0.15) is 22.8 Å². The zero-order valence-electron chi connectivity index (χ0n) is 14.4. The zero-order chi connectivity index (χ0) is 18.8. The third-order valence-corrected chi connectivity index (χ3v) is 5.10. The lowest BCUT2D eigenvalue weighted by molar-refractivity contribution is 0.0983. The van der Waals surface area contributed by atoms with Crippen molar-refractivity contribution in [2.24, 2.45) is 0 Å². The third-order valence-electron chi connectivity index (χ3n) is 4.05. The first-order chi connectivity index (χ1) is 13.2. The molecular weight excluding hydrogens is 367 g/mol. The second-order valence-corrected chi connectivity index (χ2v) is 6.79. The molecule has 0 saturated heterocycles. The first-order valence-corrected chi connectivity index (χ1v) is 9.00. The summed E-state index contributed by atoms with van der Waals surface area (Å²) in [4.78, 5) is 19.2. The minimum atomic E-state index is -0.395. The highest BCUT2D eigenvalue weighted by molar-refractivity contribution is 7.22. The van der Waals surface area contributed by atoms with Crippen LogP contribution >= 0.6 is 11.3 Å². The number of amides is 1. The number of rotatable bonds is 5. The van der Waals surface area contributed by atoms with Gasteiger partial charge in [-0.25, -0.2) is 9.37 Å². The van der Waals surface area contributed by atoms with Crippen LogP contribution in [0.1, 0.15) is 16.1 Å². The molecule has 4 aromatic rings. The van der Waals surface area contributed by atoms with Crippen molar-refractivity contribution in [3.05, 3.63) is 78.0 Å². The van der Waals surface area contributed by atoms with Gasteiger partial charge < -0.3 is 9.15 Å². The normalized spacial score (nSPS) is 10.9. The molecule has 0 saturated carbocycles. The largest absolute Gasteiger partial charge is 0.494 e. The van der Waals surface area contributed by atoms with Crippen LogP contribution in [0.2, 0.25) is 0 Å². The highest BCUT2D eigenvalue weighted by atomic mass is 32.1. The molecule has 2 aromatic carbocycles. The summed E-state index contributed by atoms with van der Waals surface area (Å²) in [7, 11) is 1.58. The van der Waals surface area contributed by atoms with E-state index in [2.05, 4.69) is 4.98 Å². The van der Waals surface area contributed by atoms with E-state index in [-0.39, 0.29) is 12.5 Å². The molecule has 2 heterocycles. The number of carbonyl (C=O) groups excluding carboxylic acids is 1. The van der Waals surface area contributed by atoms with Crippen molar-refractivity contribution in [1.82, 2.24) is 4.98 Å². The number of benzene rings is 2. The van der Waals surface area contributed by atoms with Crippen LogP contribution in [-0.2, 0) is 6.54 Å². The molecule has 0 fully saturated rings. The number of thiazole rings is 1. The smallest absolute Gasteiger partial charge is 0.260 e. The van der Waals surface area contributed by atoms with Crippen molar-refractivity contribution in [1.29, 1.82) is 0 Å². The molecule has 0 aliphatic carbocycles. The van der Waals surface area contributed by atoms with Crippen LogP contribution in [0.3, 0.4) is 0 Å². The number of hydrogen-bond acceptors (Lipinski definition) is 5. The molecule has 5 nitrogen and oxygen atoms in total. The highest BCUT2D eigenvalue weighted by Gasteiger charge is 2.23. The lowest BCUT2D eigenvalue weighted by Crippen LogP contribution is -2.30. The van der Waals surface area contributed by atoms with Gasteiger partial charge in [-0.3, -0.25) is 9.69 Å². The molecule has 0 aliphatic rings. The number of para-hydroxylation sites is 1. The van der Waals surface area contributed by atoms with Crippen molar-refractivity contribution in [2.75, 3.05) is 12.0 Å². The van der Waals surface area contributed by atoms with Gasteiger partial charge in [0.15, 0.2) is 5.13 Å². The molecule has 0 N–H and O–H groups in total. The van der Waals surface area contributed by atoms with Gasteiger partial charge in [0.25, 0.3) is 5.91 Å². The fraction of sp³-hybridized carbons (Fsp3) is 0.100. The van der Waals surface area contributed by atoms with Crippen molar-refractivity contribution in [3.8, 4) is 5.75 Å². The summed E-state index contributed by atoms with van der Waals surface area (Å²) in [6.07, 6.45) is 1.55. The molecule has 2 aromatic heterocycles. The van der Waals surface area contributed by atoms with Gasteiger partial charge in [-0.1, -0.05) is 17.4 Å². The standard InChI is InChI=1S/C20H15FN2O3S/c1-25-16-5-2-6-17-18(16)22-20(27-17)23(12-15-4-3-11-26-15)19(24)13-7-9-14(21)10-8-13/h2-11H,12H2,1H3. The van der Waals surface area contributed by atoms with Gasteiger partial charge in [-0.15, -0.1) is 0 Å². The molecule has 136 valence electrons. The second-order valence-electron chi connectivity index (χ2n) is 5.78. The Morgan fingerprint density at radius 1 is 1.19 bits per heavy atom. The van der Waals surface area contributed by atoms with Crippen LogP contribution in [0.5, 0.6) is 5.75 Å². The molecule has 0 spiro atoms. The van der Waals surface area contributed by atoms with Crippen molar-refractivity contribution >= 4 is 32.6 Å². The number of carbonyl (C=O) groups is 1. The Labute approximate surface area is 158 Å². The summed E-state index contributed by atoms with van der Waals surface area (Å²) in [6.45, 7) is 0.214. The maximum absolute atomic E-state index is 13.2. The van der Waals surface area contributed by atoms with E-state index in [1.807, 2.05) is 18.2 Å². The van der Waals surface area contributed by atoms with Crippen LogP contribution < -0.4 is 9.64 Å². The van der Waals surface area contributed by atoms with Crippen LogP contribution in [-0.4, -0.2) is 18.0 Å². The van der Waals surface area contributed by atoms with Gasteiger partial charge >= 0.3 is 0 Å². The van der Waals surface area contributed by atoms with E-state index in [0.29, 0.717) is 27.7 Å². The minimum Gasteiger partial charge on any atom is -0.494 e. The predicted octanol–water partition coefficient (Wildman–Crippen LogP) is 4.88. The molecule has 27 heavy (non-hydrogen) atoms. The van der Waals surface area contributed by atoms with Gasteiger partial charge in [-0.05, 0) is 48.5 Å². The molecule has 0 atom stereocenters. The zero-order valence-corrected chi connectivity index (χ0v) is 15.2. The van der Waals surface area contributed by atoms with Crippen molar-refractivity contribution in [3.63, 3.8) is 0 Å². The third kappa shape index (κ3) is 3.41. The number of fused-ring (bicyclic) bond motifs is 1. The van der Waals surface area contributed by atoms with Gasteiger partial charge in [0, 0.05) is 5.56 Å². The quantitative estimate of drug-likeness (QED) is 0.493. The molecule has 0 bridgehead atoms. The second kappa shape index (κ2) is 7.20. The number of methoxy groups -OCH3 is 1. The lowest BCUT2D eigenvalue weighted by atomic mass is 10.2. The molecule has 4 rings (SSSR count). The van der Waals surface area contributed by atoms with Gasteiger partial charge in [-0.2, -0.15) is 0 Å². The Bertz CT molecular complexity index is 1070. The lowest BCUT2D eigenvalue weighted by Gasteiger charge is -2.18. The Morgan fingerprint density at radius 3 is 2.70 bits per heavy atom. The average Bonchev–Trinajstić information content (AvgIpc) is 3.35. The summed E-state index contributed by atoms with van der Waals surface area (Å²) in [5.41, 5.74) is 1.06. The maximum atomic E-state index is 13.2. The summed E-state index contributed by atoms with van der Waals surface area (Å²) in [5.74, 6) is 0.581. The van der Waals surface area contributed by atoms with E-state index < -0.39 is 5.82 Å². The minimum absolute atomic E-state index is 0.214. The Balaban J connectivity index is 1.78. The fourth-order valence-corrected chi connectivity index (χ4v) is 3.71. The van der Waals surface area contributed by atoms with E-state index in [4.69, 9.17) is 9.15 Å². The van der Waals surface area contributed by atoms with Gasteiger partial charge in [0.2, 0.25) is 0 Å². The molecule has 0 radical (unpaired) electrons. The van der Waals surface area contributed by atoms with E-state index in [0.717, 1.165) is 4.70 Å². The van der Waals surface area contributed by atoms with Crippen LogP contribution in [0.4, 0.5) is 9.52 Å². The first-order valence-electron chi connectivity index (χ1n) is 8.19. The van der Waals surface area contributed by atoms with E-state index >= 15 is 0 Å². The number of ether oxygens (including phenoxy) is 1. The summed E-state index contributed by atoms with van der Waals surface area (Å²) < 4.78 is 24.9. The first kappa shape index (κ1) is 17.2. The van der Waals surface area contributed by atoms with E-state index in [1.54, 1.807) is 25.5 Å². The fourth-order valence-electron chi connectivity index (χ4n) is 2.72. The molecule has 7 heteroatoms. The van der Waals surface area contributed by atoms with Crippen LogP contribution in [0, 0.1) is 5.82 Å². The summed E-state index contributed by atoms with van der Waals surface area (Å²) >= 11 is 1.38. The Morgan fingerprint density at radius 2 is 2.00 bits per heavy atom. The highest BCUT2D eigenvalue weighted by Crippen LogP contribution is 2.35. The number of anilines is 1. The van der Waals surface area contributed by atoms with Crippen molar-refractivity contribution in [2.45, 2.75) is 6.54 Å². The number of furan rings is 1. The Kier molecular flexibility index (Phi) is 4.60. The van der Waals surface area contributed by atoms with Crippen LogP contribution in [0.15, 0.2) is 65.3 Å².